The van der Waals surface area contributed by atoms with Crippen LogP contribution < -0.4 is 0 Å². The van der Waals surface area contributed by atoms with Gasteiger partial charge in [0.2, 0.25) is 0 Å². The van der Waals surface area contributed by atoms with Crippen LogP contribution >= 0.6 is 23.5 Å². The quantitative estimate of drug-likeness (QED) is 0.479. The average molecular weight is 318 g/mol. The van der Waals surface area contributed by atoms with Crippen molar-refractivity contribution in [1.29, 1.82) is 0 Å². The molecule has 0 saturated heterocycles. The number of imidazole rings is 2. The van der Waals surface area contributed by atoms with E-state index in [1.54, 1.807) is 18.0 Å². The van der Waals surface area contributed by atoms with Gasteiger partial charge in [-0.15, -0.1) is 0 Å². The topological polar surface area (TPSA) is 57.4 Å². The molecule has 21 heavy (non-hydrogen) atoms. The van der Waals surface area contributed by atoms with Crippen LogP contribution in [0.5, 0.6) is 0 Å². The maximum Gasteiger partial charge on any atom is 0.166 e. The van der Waals surface area contributed by atoms with E-state index in [1.807, 2.05) is 36.2 Å². The van der Waals surface area contributed by atoms with E-state index in [-0.39, 0.29) is 0 Å². The minimum atomic E-state index is 1.02. The first-order valence-corrected chi connectivity index (χ1v) is 9.09. The molecule has 2 heterocycles. The number of fused-ring (bicyclic) bond motifs is 1. The number of rotatable bonds is 8. The standard InChI is InChI=1S/C15H18N4S2/c1(4-10-20-14-16-8-9-17-14)5-11-21-15-18-12-6-2-3-7-13(12)19-15/h2-3,6-9H,1,4-5,10-11H2,(H,16,17)(H,18,19). The van der Waals surface area contributed by atoms with Crippen molar-refractivity contribution in [3.63, 3.8) is 0 Å². The normalized spacial score (nSPS) is 11.2. The summed E-state index contributed by atoms with van der Waals surface area (Å²) in [6.45, 7) is 0. The molecule has 4 nitrogen and oxygen atoms in total. The van der Waals surface area contributed by atoms with Crippen molar-refractivity contribution in [2.75, 3.05) is 11.5 Å². The van der Waals surface area contributed by atoms with Gasteiger partial charge in [0.15, 0.2) is 10.3 Å². The summed E-state index contributed by atoms with van der Waals surface area (Å²) in [4.78, 5) is 15.2. The van der Waals surface area contributed by atoms with E-state index in [2.05, 4.69) is 26.0 Å². The lowest BCUT2D eigenvalue weighted by Gasteiger charge is -1.99. The molecule has 0 fully saturated rings. The summed E-state index contributed by atoms with van der Waals surface area (Å²) in [5, 5.41) is 2.05. The molecular weight excluding hydrogens is 300 g/mol. The lowest BCUT2D eigenvalue weighted by molar-refractivity contribution is 0.783. The highest BCUT2D eigenvalue weighted by Crippen LogP contribution is 2.21. The van der Waals surface area contributed by atoms with Crippen molar-refractivity contribution in [3.05, 3.63) is 36.7 Å². The fourth-order valence-electron chi connectivity index (χ4n) is 2.05. The lowest BCUT2D eigenvalue weighted by Crippen LogP contribution is -1.86. The van der Waals surface area contributed by atoms with Crippen LogP contribution in [-0.2, 0) is 0 Å². The van der Waals surface area contributed by atoms with Gasteiger partial charge in [-0.2, -0.15) is 0 Å². The number of nitrogens with zero attached hydrogens (tertiary/aromatic N) is 2. The molecule has 0 aliphatic carbocycles. The summed E-state index contributed by atoms with van der Waals surface area (Å²) in [6, 6.07) is 8.17. The van der Waals surface area contributed by atoms with Crippen LogP contribution in [0.15, 0.2) is 47.0 Å². The molecule has 0 atom stereocenters. The Labute approximate surface area is 132 Å². The van der Waals surface area contributed by atoms with Gasteiger partial charge < -0.3 is 9.97 Å². The van der Waals surface area contributed by atoms with Crippen LogP contribution in [0, 0.1) is 0 Å². The second kappa shape index (κ2) is 7.56. The Morgan fingerprint density at radius 3 is 2.52 bits per heavy atom. The molecule has 0 saturated carbocycles. The third kappa shape index (κ3) is 4.28. The third-order valence-corrected chi connectivity index (χ3v) is 5.06. The molecule has 0 amide bonds. The molecule has 0 bridgehead atoms. The number of thioether (sulfide) groups is 2. The van der Waals surface area contributed by atoms with E-state index in [0.717, 1.165) is 32.9 Å². The number of nitrogens with one attached hydrogen (secondary N) is 2. The minimum Gasteiger partial charge on any atom is -0.340 e. The Balaban J connectivity index is 1.31. The third-order valence-electron chi connectivity index (χ3n) is 3.11. The van der Waals surface area contributed by atoms with Crippen LogP contribution in [0.2, 0.25) is 0 Å². The van der Waals surface area contributed by atoms with Gasteiger partial charge in [0.05, 0.1) is 11.0 Å². The largest absolute Gasteiger partial charge is 0.340 e. The van der Waals surface area contributed by atoms with Gasteiger partial charge in [-0.05, 0) is 25.0 Å². The maximum atomic E-state index is 4.57. The molecule has 0 aliphatic rings. The molecule has 0 spiro atoms. The zero-order chi connectivity index (χ0) is 14.3. The van der Waals surface area contributed by atoms with Crippen LogP contribution in [0.1, 0.15) is 19.3 Å². The zero-order valence-electron chi connectivity index (χ0n) is 11.7. The van der Waals surface area contributed by atoms with Gasteiger partial charge in [0, 0.05) is 23.9 Å². The van der Waals surface area contributed by atoms with Crippen molar-refractivity contribution < 1.29 is 0 Å². The van der Waals surface area contributed by atoms with Gasteiger partial charge in [-0.25, -0.2) is 9.97 Å². The van der Waals surface area contributed by atoms with Crippen LogP contribution in [0.25, 0.3) is 11.0 Å². The first-order valence-electron chi connectivity index (χ1n) is 7.11. The van der Waals surface area contributed by atoms with Gasteiger partial charge in [-0.3, -0.25) is 0 Å². The lowest BCUT2D eigenvalue weighted by atomic mass is 10.3. The minimum absolute atomic E-state index is 1.02. The fraction of sp³-hybridized carbons (Fsp3) is 0.333. The van der Waals surface area contributed by atoms with E-state index in [0.29, 0.717) is 0 Å². The van der Waals surface area contributed by atoms with Gasteiger partial charge in [-0.1, -0.05) is 42.1 Å². The van der Waals surface area contributed by atoms with Gasteiger partial charge in [0.1, 0.15) is 0 Å². The average Bonchev–Trinajstić information content (AvgIpc) is 3.15. The van der Waals surface area contributed by atoms with Crippen LogP contribution in [0.4, 0.5) is 0 Å². The molecule has 2 N–H and O–H groups in total. The highest BCUT2D eigenvalue weighted by molar-refractivity contribution is 7.99. The van der Waals surface area contributed by atoms with E-state index in [1.165, 1.54) is 19.3 Å². The van der Waals surface area contributed by atoms with Crippen LogP contribution in [0.3, 0.4) is 0 Å². The number of benzene rings is 1. The number of para-hydroxylation sites is 2. The molecule has 3 aromatic rings. The number of aromatic amines is 2. The van der Waals surface area contributed by atoms with Crippen molar-refractivity contribution in [3.8, 4) is 0 Å². The molecule has 0 unspecified atom stereocenters. The second-order valence-electron chi connectivity index (χ2n) is 4.71. The van der Waals surface area contributed by atoms with Crippen LogP contribution in [-0.4, -0.2) is 31.4 Å². The summed E-state index contributed by atoms with van der Waals surface area (Å²) >= 11 is 3.60. The molecular formula is C15H18N4S2. The van der Waals surface area contributed by atoms with E-state index < -0.39 is 0 Å². The predicted molar refractivity (Wildman–Crippen MR) is 90.0 cm³/mol. The number of H-pyrrole nitrogens is 2. The Hall–Kier alpha value is -1.40. The van der Waals surface area contributed by atoms with Gasteiger partial charge in [0.25, 0.3) is 0 Å². The molecule has 1 aromatic carbocycles. The Morgan fingerprint density at radius 1 is 0.952 bits per heavy atom. The summed E-state index contributed by atoms with van der Waals surface area (Å²) in [5.74, 6) is 2.24. The fourth-order valence-corrected chi connectivity index (χ4v) is 3.76. The first kappa shape index (κ1) is 14.5. The second-order valence-corrected chi connectivity index (χ2v) is 6.88. The first-order chi connectivity index (χ1) is 10.4. The molecule has 110 valence electrons. The summed E-state index contributed by atoms with van der Waals surface area (Å²) in [7, 11) is 0. The van der Waals surface area contributed by atoms with Gasteiger partial charge >= 0.3 is 0 Å². The van der Waals surface area contributed by atoms with Crippen molar-refractivity contribution in [2.45, 2.75) is 29.6 Å². The van der Waals surface area contributed by atoms with E-state index in [9.17, 15) is 0 Å². The maximum absolute atomic E-state index is 4.57. The highest BCUT2D eigenvalue weighted by atomic mass is 32.2. The smallest absolute Gasteiger partial charge is 0.166 e. The van der Waals surface area contributed by atoms with Crippen molar-refractivity contribution in [1.82, 2.24) is 19.9 Å². The molecule has 0 aliphatic heterocycles. The number of hydrogen-bond acceptors (Lipinski definition) is 4. The van der Waals surface area contributed by atoms with Crippen molar-refractivity contribution in [2.24, 2.45) is 0 Å². The summed E-state index contributed by atoms with van der Waals surface area (Å²) in [6.07, 6.45) is 7.37. The Morgan fingerprint density at radius 2 is 1.76 bits per heavy atom. The summed E-state index contributed by atoms with van der Waals surface area (Å²) < 4.78 is 0. The Bertz CT molecular complexity index is 630. The predicted octanol–water partition coefficient (Wildman–Crippen LogP) is 4.34. The number of unbranched alkanes of at least 4 members (excludes halogenated alkanes) is 2. The number of hydrogen-bond donors (Lipinski definition) is 2. The monoisotopic (exact) mass is 318 g/mol. The van der Waals surface area contributed by atoms with E-state index in [4.69, 9.17) is 0 Å². The number of aromatic nitrogens is 4. The zero-order valence-corrected chi connectivity index (χ0v) is 13.3. The van der Waals surface area contributed by atoms with Crippen molar-refractivity contribution >= 4 is 34.6 Å². The van der Waals surface area contributed by atoms with E-state index >= 15 is 0 Å². The SMILES string of the molecule is c1ccc2[nH]c(SCCCCCSc3ncc[nH]3)nc2c1. The molecule has 6 heteroatoms. The Kier molecular flexibility index (Phi) is 5.23. The molecule has 0 radical (unpaired) electrons. The molecule has 3 rings (SSSR count). The summed E-state index contributed by atoms with van der Waals surface area (Å²) in [5.41, 5.74) is 2.17. The molecule has 2 aromatic heterocycles. The highest BCUT2D eigenvalue weighted by Gasteiger charge is 2.02.